The van der Waals surface area contributed by atoms with Crippen molar-refractivity contribution >= 4 is 34.6 Å². The third kappa shape index (κ3) is 4.22. The van der Waals surface area contributed by atoms with Gasteiger partial charge in [-0.2, -0.15) is 0 Å². The molecule has 146 valence electrons. The van der Waals surface area contributed by atoms with Gasteiger partial charge in [-0.05, 0) is 68.9 Å². The van der Waals surface area contributed by atoms with Gasteiger partial charge in [-0.3, -0.25) is 9.69 Å². The number of aliphatic imine (C=N–C) groups is 1. The second kappa shape index (κ2) is 8.52. The Morgan fingerprint density at radius 3 is 2.39 bits per heavy atom. The Kier molecular flexibility index (Phi) is 6.09. The molecule has 0 spiro atoms. The number of rotatable bonds is 5. The maximum absolute atomic E-state index is 13.0. The molecule has 3 rings (SSSR count). The number of aryl methyl sites for hydroxylation is 1. The van der Waals surface area contributed by atoms with E-state index in [4.69, 9.17) is 14.5 Å². The predicted octanol–water partition coefficient (Wildman–Crippen LogP) is 5.02. The monoisotopic (exact) mass is 396 g/mol. The van der Waals surface area contributed by atoms with E-state index in [0.717, 1.165) is 11.3 Å². The summed E-state index contributed by atoms with van der Waals surface area (Å²) in [6.45, 7) is 6.00. The molecular formula is C22H24N2O3S. The molecule has 1 aliphatic rings. The molecule has 2 aromatic rings. The summed E-state index contributed by atoms with van der Waals surface area (Å²) in [5.74, 6) is 1.33. The Bertz CT molecular complexity index is 933. The van der Waals surface area contributed by atoms with Crippen LogP contribution in [0.15, 0.2) is 52.4 Å². The highest BCUT2D eigenvalue weighted by atomic mass is 32.2. The quantitative estimate of drug-likeness (QED) is 0.666. The van der Waals surface area contributed by atoms with E-state index >= 15 is 0 Å². The largest absolute Gasteiger partial charge is 0.497 e. The molecule has 1 saturated heterocycles. The normalized spacial score (nSPS) is 17.1. The van der Waals surface area contributed by atoms with Crippen LogP contribution in [0.3, 0.4) is 0 Å². The molecule has 1 amide bonds. The lowest BCUT2D eigenvalue weighted by Crippen LogP contribution is -2.35. The first-order valence-electron chi connectivity index (χ1n) is 9.03. The summed E-state index contributed by atoms with van der Waals surface area (Å²) in [6.07, 6.45) is 1.83. The molecule has 1 heterocycles. The van der Waals surface area contributed by atoms with Gasteiger partial charge in [-0.15, -0.1) is 0 Å². The average Bonchev–Trinajstić information content (AvgIpc) is 2.98. The fraction of sp³-hybridized carbons (Fsp3) is 0.273. The van der Waals surface area contributed by atoms with Gasteiger partial charge in [0.25, 0.3) is 5.91 Å². The number of carbonyl (C=O) groups excluding carboxylic acids is 1. The van der Waals surface area contributed by atoms with E-state index in [9.17, 15) is 4.79 Å². The first kappa shape index (κ1) is 20.0. The SMILES string of the molecule is COc1ccc(OC)c(/C=C2/SC(=Nc3ccc(C)cc3)N(C(C)C)C2=O)c1. The molecule has 0 N–H and O–H groups in total. The van der Waals surface area contributed by atoms with Gasteiger partial charge >= 0.3 is 0 Å². The summed E-state index contributed by atoms with van der Waals surface area (Å²) in [6, 6.07) is 13.5. The first-order chi connectivity index (χ1) is 13.4. The first-order valence-corrected chi connectivity index (χ1v) is 9.85. The summed E-state index contributed by atoms with van der Waals surface area (Å²) in [5.41, 5.74) is 2.79. The van der Waals surface area contributed by atoms with Crippen molar-refractivity contribution in [1.82, 2.24) is 4.90 Å². The highest BCUT2D eigenvalue weighted by molar-refractivity contribution is 8.18. The zero-order valence-corrected chi connectivity index (χ0v) is 17.5. The summed E-state index contributed by atoms with van der Waals surface area (Å²) in [7, 11) is 3.22. The minimum absolute atomic E-state index is 0.00213. The molecule has 0 aromatic heterocycles. The van der Waals surface area contributed by atoms with Crippen molar-refractivity contribution < 1.29 is 14.3 Å². The number of hydrogen-bond donors (Lipinski definition) is 0. The number of benzene rings is 2. The minimum Gasteiger partial charge on any atom is -0.497 e. The van der Waals surface area contributed by atoms with Crippen LogP contribution in [0.1, 0.15) is 25.0 Å². The molecule has 0 atom stereocenters. The third-order valence-corrected chi connectivity index (χ3v) is 5.32. The van der Waals surface area contributed by atoms with Gasteiger partial charge in [0.05, 0.1) is 24.8 Å². The van der Waals surface area contributed by atoms with Crippen LogP contribution < -0.4 is 9.47 Å². The van der Waals surface area contributed by atoms with Crippen molar-refractivity contribution in [3.63, 3.8) is 0 Å². The number of amides is 1. The maximum atomic E-state index is 13.0. The zero-order chi connectivity index (χ0) is 20.3. The van der Waals surface area contributed by atoms with Crippen LogP contribution in [0.2, 0.25) is 0 Å². The Morgan fingerprint density at radius 2 is 1.79 bits per heavy atom. The van der Waals surface area contributed by atoms with Crippen molar-refractivity contribution in [2.24, 2.45) is 4.99 Å². The van der Waals surface area contributed by atoms with Crippen LogP contribution in [-0.2, 0) is 4.79 Å². The maximum Gasteiger partial charge on any atom is 0.266 e. The molecule has 6 heteroatoms. The second-order valence-corrected chi connectivity index (χ2v) is 7.73. The summed E-state index contributed by atoms with van der Waals surface area (Å²) in [5, 5.41) is 0.678. The fourth-order valence-corrected chi connectivity index (χ4v) is 3.95. The highest BCUT2D eigenvalue weighted by Crippen LogP contribution is 2.37. The van der Waals surface area contributed by atoms with Gasteiger partial charge in [0.15, 0.2) is 5.17 Å². The van der Waals surface area contributed by atoms with Crippen LogP contribution in [-0.4, -0.2) is 36.2 Å². The molecule has 1 aliphatic heterocycles. The number of nitrogens with zero attached hydrogens (tertiary/aromatic N) is 2. The van der Waals surface area contributed by atoms with Crippen LogP contribution in [0, 0.1) is 6.92 Å². The molecule has 1 fully saturated rings. The zero-order valence-electron chi connectivity index (χ0n) is 16.7. The predicted molar refractivity (Wildman–Crippen MR) is 115 cm³/mol. The number of methoxy groups -OCH3 is 2. The standard InChI is InChI=1S/C22H24N2O3S/c1-14(2)24-21(25)20(13-16-12-18(26-4)10-11-19(16)27-5)28-22(24)23-17-8-6-15(3)7-9-17/h6-14H,1-5H3/b20-13+,23-22?. The lowest BCUT2D eigenvalue weighted by atomic mass is 10.1. The Labute approximate surface area is 170 Å². The lowest BCUT2D eigenvalue weighted by molar-refractivity contribution is -0.123. The minimum atomic E-state index is -0.0595. The molecule has 0 aliphatic carbocycles. The average molecular weight is 397 g/mol. The van der Waals surface area contributed by atoms with Crippen LogP contribution in [0.25, 0.3) is 6.08 Å². The van der Waals surface area contributed by atoms with E-state index in [1.165, 1.54) is 17.3 Å². The van der Waals surface area contributed by atoms with Crippen molar-refractivity contribution in [3.8, 4) is 11.5 Å². The van der Waals surface area contributed by atoms with Gasteiger partial charge in [-0.25, -0.2) is 4.99 Å². The summed E-state index contributed by atoms with van der Waals surface area (Å²) < 4.78 is 10.7. The van der Waals surface area contributed by atoms with E-state index in [1.54, 1.807) is 19.1 Å². The highest BCUT2D eigenvalue weighted by Gasteiger charge is 2.35. The van der Waals surface area contributed by atoms with E-state index in [1.807, 2.05) is 69.3 Å². The van der Waals surface area contributed by atoms with Crippen LogP contribution in [0.4, 0.5) is 5.69 Å². The van der Waals surface area contributed by atoms with Crippen molar-refractivity contribution in [1.29, 1.82) is 0 Å². The van der Waals surface area contributed by atoms with E-state index in [2.05, 4.69) is 0 Å². The van der Waals surface area contributed by atoms with Crippen molar-refractivity contribution in [2.75, 3.05) is 14.2 Å². The number of carbonyl (C=O) groups is 1. The molecule has 0 bridgehead atoms. The van der Waals surface area contributed by atoms with Gasteiger partial charge in [0.1, 0.15) is 11.5 Å². The Morgan fingerprint density at radius 1 is 1.07 bits per heavy atom. The van der Waals surface area contributed by atoms with Crippen LogP contribution in [0.5, 0.6) is 11.5 Å². The number of ether oxygens (including phenoxy) is 2. The van der Waals surface area contributed by atoms with Gasteiger partial charge < -0.3 is 9.47 Å². The Balaban J connectivity index is 2.01. The van der Waals surface area contributed by atoms with Gasteiger partial charge in [0, 0.05) is 11.6 Å². The second-order valence-electron chi connectivity index (χ2n) is 6.72. The molecule has 5 nitrogen and oxygen atoms in total. The molecule has 0 saturated carbocycles. The third-order valence-electron chi connectivity index (χ3n) is 4.34. The van der Waals surface area contributed by atoms with Crippen molar-refractivity contribution in [2.45, 2.75) is 26.8 Å². The molecule has 0 unspecified atom stereocenters. The van der Waals surface area contributed by atoms with Gasteiger partial charge in [-0.1, -0.05) is 17.7 Å². The molecular weight excluding hydrogens is 372 g/mol. The smallest absolute Gasteiger partial charge is 0.266 e. The van der Waals surface area contributed by atoms with Crippen molar-refractivity contribution in [3.05, 3.63) is 58.5 Å². The lowest BCUT2D eigenvalue weighted by Gasteiger charge is -2.19. The number of amidine groups is 1. The molecule has 2 aromatic carbocycles. The van der Waals surface area contributed by atoms with Gasteiger partial charge in [0.2, 0.25) is 0 Å². The number of hydrogen-bond acceptors (Lipinski definition) is 5. The molecule has 28 heavy (non-hydrogen) atoms. The summed E-state index contributed by atoms with van der Waals surface area (Å²) in [4.78, 5) is 20.1. The number of thioether (sulfide) groups is 1. The topological polar surface area (TPSA) is 51.1 Å². The Hall–Kier alpha value is -2.73. The van der Waals surface area contributed by atoms with E-state index < -0.39 is 0 Å². The summed E-state index contributed by atoms with van der Waals surface area (Å²) >= 11 is 1.37. The van der Waals surface area contributed by atoms with E-state index in [-0.39, 0.29) is 11.9 Å². The fourth-order valence-electron chi connectivity index (χ4n) is 2.84. The van der Waals surface area contributed by atoms with E-state index in [0.29, 0.717) is 21.6 Å². The van der Waals surface area contributed by atoms with Crippen LogP contribution >= 0.6 is 11.8 Å². The molecule has 0 radical (unpaired) electrons.